The molecule has 0 radical (unpaired) electrons. The molecule has 0 fully saturated rings. The van der Waals surface area contributed by atoms with E-state index in [-0.39, 0.29) is 6.61 Å². The van der Waals surface area contributed by atoms with Gasteiger partial charge in [-0.3, -0.25) is 0 Å². The van der Waals surface area contributed by atoms with Crippen LogP contribution in [0.2, 0.25) is 0 Å². The summed E-state index contributed by atoms with van der Waals surface area (Å²) in [6.45, 7) is 4.86. The van der Waals surface area contributed by atoms with Gasteiger partial charge in [0.1, 0.15) is 0 Å². The summed E-state index contributed by atoms with van der Waals surface area (Å²) in [4.78, 5) is 5.63. The van der Waals surface area contributed by atoms with Gasteiger partial charge in [0.2, 0.25) is 0 Å². The van der Waals surface area contributed by atoms with Crippen LogP contribution in [0.15, 0.2) is 58.9 Å². The van der Waals surface area contributed by atoms with E-state index in [1.807, 2.05) is 30.3 Å². The summed E-state index contributed by atoms with van der Waals surface area (Å²) in [6, 6.07) is 16.4. The Hall–Kier alpha value is -2.17. The largest absolute Gasteiger partial charge is 0.395 e. The van der Waals surface area contributed by atoms with Gasteiger partial charge in [0.25, 0.3) is 0 Å². The number of benzene rings is 2. The molecule has 0 aliphatic carbocycles. The summed E-state index contributed by atoms with van der Waals surface area (Å²) in [7, 11) is 0. The summed E-state index contributed by atoms with van der Waals surface area (Å²) in [5, 5.41) is 11.6. The van der Waals surface area contributed by atoms with Gasteiger partial charge in [-0.2, -0.15) is 0 Å². The number of hydrogen-bond acceptors (Lipinski definition) is 3. The van der Waals surface area contributed by atoms with E-state index in [0.29, 0.717) is 6.54 Å². The third kappa shape index (κ3) is 3.44. The molecule has 23 heavy (non-hydrogen) atoms. The maximum Gasteiger partial charge on any atom is 0.190 e. The maximum absolute atomic E-state index is 9.46. The fraction of sp³-hybridized carbons (Fsp3) is 0.211. The Bertz CT molecular complexity index is 863. The van der Waals surface area contributed by atoms with Gasteiger partial charge in [-0.05, 0) is 31.5 Å². The quantitative estimate of drug-likeness (QED) is 0.772. The minimum atomic E-state index is 0.0939. The molecular weight excluding hydrogens is 304 g/mol. The van der Waals surface area contributed by atoms with Gasteiger partial charge < -0.3 is 9.67 Å². The van der Waals surface area contributed by atoms with Gasteiger partial charge in [-0.1, -0.05) is 42.0 Å². The number of rotatable bonds is 4. The van der Waals surface area contributed by atoms with Crippen molar-refractivity contribution in [1.29, 1.82) is 0 Å². The zero-order valence-electron chi connectivity index (χ0n) is 13.4. The average Bonchev–Trinajstić information content (AvgIpc) is 2.92. The van der Waals surface area contributed by atoms with Crippen LogP contribution in [0, 0.1) is 13.8 Å². The third-order valence-electron chi connectivity index (χ3n) is 3.76. The number of nitrogens with zero attached hydrogens (tertiary/aromatic N) is 2. The lowest BCUT2D eigenvalue weighted by atomic mass is 10.0. The van der Waals surface area contributed by atoms with Crippen molar-refractivity contribution in [3.05, 3.63) is 69.8 Å². The van der Waals surface area contributed by atoms with E-state index in [1.54, 1.807) is 11.3 Å². The summed E-state index contributed by atoms with van der Waals surface area (Å²) in [5.41, 5.74) is 5.71. The Morgan fingerprint density at radius 2 is 1.87 bits per heavy atom. The molecule has 0 saturated carbocycles. The smallest absolute Gasteiger partial charge is 0.190 e. The first-order valence-electron chi connectivity index (χ1n) is 7.65. The van der Waals surface area contributed by atoms with Crippen LogP contribution in [-0.4, -0.2) is 16.3 Å². The van der Waals surface area contributed by atoms with E-state index in [0.717, 1.165) is 16.2 Å². The Kier molecular flexibility index (Phi) is 4.74. The molecule has 4 heteroatoms. The van der Waals surface area contributed by atoms with E-state index >= 15 is 0 Å². The highest BCUT2D eigenvalue weighted by molar-refractivity contribution is 7.07. The zero-order valence-corrected chi connectivity index (χ0v) is 14.2. The summed E-state index contributed by atoms with van der Waals surface area (Å²) < 4.78 is 2.09. The molecule has 0 aliphatic rings. The molecule has 0 bridgehead atoms. The fourth-order valence-electron chi connectivity index (χ4n) is 2.66. The van der Waals surface area contributed by atoms with E-state index in [2.05, 4.69) is 42.0 Å². The van der Waals surface area contributed by atoms with E-state index in [1.165, 1.54) is 16.7 Å². The summed E-state index contributed by atoms with van der Waals surface area (Å²) in [6.07, 6.45) is 0. The van der Waals surface area contributed by atoms with Crippen LogP contribution in [0.1, 0.15) is 11.1 Å². The molecule has 3 nitrogen and oxygen atoms in total. The number of aryl methyl sites for hydroxylation is 2. The predicted molar refractivity (Wildman–Crippen MR) is 96.0 cm³/mol. The molecule has 3 rings (SSSR count). The maximum atomic E-state index is 9.46. The van der Waals surface area contributed by atoms with Crippen molar-refractivity contribution in [1.82, 2.24) is 4.57 Å². The monoisotopic (exact) mass is 324 g/mol. The van der Waals surface area contributed by atoms with E-state index < -0.39 is 0 Å². The second-order valence-corrected chi connectivity index (χ2v) is 6.38. The minimum Gasteiger partial charge on any atom is -0.395 e. The molecule has 0 spiro atoms. The lowest BCUT2D eigenvalue weighted by Gasteiger charge is -2.10. The zero-order chi connectivity index (χ0) is 16.2. The summed E-state index contributed by atoms with van der Waals surface area (Å²) >= 11 is 1.60. The van der Waals surface area contributed by atoms with Gasteiger partial charge in [0.05, 0.1) is 18.0 Å². The number of aliphatic hydroxyl groups excluding tert-OH is 1. The molecule has 118 valence electrons. The molecule has 1 N–H and O–H groups in total. The number of thiazole rings is 1. The van der Waals surface area contributed by atoms with Crippen LogP contribution < -0.4 is 4.80 Å². The second kappa shape index (κ2) is 6.94. The van der Waals surface area contributed by atoms with Gasteiger partial charge in [0.15, 0.2) is 4.80 Å². The number of aliphatic hydroxyl groups is 1. The van der Waals surface area contributed by atoms with Crippen LogP contribution >= 0.6 is 11.3 Å². The topological polar surface area (TPSA) is 37.5 Å². The second-order valence-electron chi connectivity index (χ2n) is 5.54. The predicted octanol–water partition coefficient (Wildman–Crippen LogP) is 4.06. The highest BCUT2D eigenvalue weighted by Crippen LogP contribution is 2.25. The SMILES string of the molecule is Cc1ccc(-c2csc(=Nc3ccccc3)n2CCO)c(C)c1. The number of para-hydroxylation sites is 1. The van der Waals surface area contributed by atoms with Crippen molar-refractivity contribution < 1.29 is 5.11 Å². The van der Waals surface area contributed by atoms with E-state index in [9.17, 15) is 5.11 Å². The minimum absolute atomic E-state index is 0.0939. The van der Waals surface area contributed by atoms with Crippen molar-refractivity contribution in [2.75, 3.05) is 6.61 Å². The molecule has 0 saturated heterocycles. The third-order valence-corrected chi connectivity index (χ3v) is 4.62. The molecule has 0 unspecified atom stereocenters. The van der Waals surface area contributed by atoms with E-state index in [4.69, 9.17) is 4.99 Å². The first-order valence-corrected chi connectivity index (χ1v) is 8.53. The Labute approximate surface area is 140 Å². The van der Waals surface area contributed by atoms with Gasteiger partial charge in [-0.25, -0.2) is 4.99 Å². The van der Waals surface area contributed by atoms with Crippen LogP contribution in [0.4, 0.5) is 5.69 Å². The molecular formula is C19H20N2OS. The highest BCUT2D eigenvalue weighted by Gasteiger charge is 2.10. The highest BCUT2D eigenvalue weighted by atomic mass is 32.1. The molecule has 2 aromatic carbocycles. The number of hydrogen-bond donors (Lipinski definition) is 1. The molecule has 0 aliphatic heterocycles. The number of aromatic nitrogens is 1. The Morgan fingerprint density at radius 1 is 1.09 bits per heavy atom. The van der Waals surface area contributed by atoms with Crippen LogP contribution in [0.3, 0.4) is 0 Å². The molecule has 1 heterocycles. The lowest BCUT2D eigenvalue weighted by molar-refractivity contribution is 0.275. The van der Waals surface area contributed by atoms with Crippen LogP contribution in [0.5, 0.6) is 0 Å². The normalized spacial score (nSPS) is 11.9. The molecule has 1 aromatic heterocycles. The van der Waals surface area contributed by atoms with Crippen molar-refractivity contribution in [2.24, 2.45) is 4.99 Å². The van der Waals surface area contributed by atoms with Crippen LogP contribution in [0.25, 0.3) is 11.3 Å². The van der Waals surface area contributed by atoms with Gasteiger partial charge in [0, 0.05) is 17.5 Å². The molecule has 0 atom stereocenters. The van der Waals surface area contributed by atoms with Crippen molar-refractivity contribution in [3.63, 3.8) is 0 Å². The van der Waals surface area contributed by atoms with Crippen molar-refractivity contribution in [2.45, 2.75) is 20.4 Å². The molecule has 3 aromatic rings. The van der Waals surface area contributed by atoms with Crippen molar-refractivity contribution in [3.8, 4) is 11.3 Å². The van der Waals surface area contributed by atoms with Gasteiger partial charge >= 0.3 is 0 Å². The van der Waals surface area contributed by atoms with Crippen LogP contribution in [-0.2, 0) is 6.54 Å². The average molecular weight is 324 g/mol. The lowest BCUT2D eigenvalue weighted by Crippen LogP contribution is -2.18. The first kappa shape index (κ1) is 15.7. The standard InChI is InChI=1S/C19H20N2OS/c1-14-8-9-17(15(2)12-14)18-13-23-19(21(18)10-11-22)20-16-6-4-3-5-7-16/h3-9,12-13,22H,10-11H2,1-2H3. The Morgan fingerprint density at radius 3 is 2.57 bits per heavy atom. The molecule has 0 amide bonds. The van der Waals surface area contributed by atoms with Gasteiger partial charge in [-0.15, -0.1) is 11.3 Å². The first-order chi connectivity index (χ1) is 11.2. The van der Waals surface area contributed by atoms with Crippen molar-refractivity contribution >= 4 is 17.0 Å². The summed E-state index contributed by atoms with van der Waals surface area (Å²) in [5.74, 6) is 0. The Balaban J connectivity index is 2.14. The fourth-order valence-corrected chi connectivity index (χ4v) is 3.61.